The molecule has 0 aromatic heterocycles. The third-order valence-electron chi connectivity index (χ3n) is 3.39. The van der Waals surface area contributed by atoms with Gasteiger partial charge in [-0.25, -0.2) is 0 Å². The fourth-order valence-corrected chi connectivity index (χ4v) is 2.18. The first-order valence-corrected chi connectivity index (χ1v) is 7.16. The number of ether oxygens (including phenoxy) is 1. The lowest BCUT2D eigenvalue weighted by molar-refractivity contribution is 0.368. The van der Waals surface area contributed by atoms with E-state index in [9.17, 15) is 0 Å². The summed E-state index contributed by atoms with van der Waals surface area (Å²) in [6.45, 7) is 4.34. The summed E-state index contributed by atoms with van der Waals surface area (Å²) < 4.78 is 5.25. The highest BCUT2D eigenvalue weighted by atomic mass is 16.5. The Balaban J connectivity index is 2.04. The number of nitrogens with one attached hydrogen (secondary N) is 1. The van der Waals surface area contributed by atoms with Gasteiger partial charge in [-0.1, -0.05) is 36.8 Å². The van der Waals surface area contributed by atoms with Gasteiger partial charge in [0.05, 0.1) is 6.04 Å². The third kappa shape index (κ3) is 4.25. The van der Waals surface area contributed by atoms with Crippen molar-refractivity contribution >= 4 is 5.69 Å². The Morgan fingerprint density at radius 3 is 2.33 bits per heavy atom. The number of nitriles is 1. The van der Waals surface area contributed by atoms with Gasteiger partial charge in [0, 0.05) is 5.69 Å². The number of nitrogens with zero attached hydrogens (tertiary/aromatic N) is 1. The minimum atomic E-state index is 0.0771. The Morgan fingerprint density at radius 1 is 1.10 bits per heavy atom. The molecular weight excluding hydrogens is 260 g/mol. The van der Waals surface area contributed by atoms with Crippen LogP contribution >= 0.6 is 0 Å². The largest absolute Gasteiger partial charge is 0.479 e. The van der Waals surface area contributed by atoms with E-state index >= 15 is 0 Å². The van der Waals surface area contributed by atoms with Gasteiger partial charge in [0.15, 0.2) is 6.61 Å². The first kappa shape index (κ1) is 14.9. The highest BCUT2D eigenvalue weighted by Gasteiger charge is 2.08. The molecule has 0 amide bonds. The number of rotatable bonds is 6. The molecule has 0 spiro atoms. The second-order valence-electron chi connectivity index (χ2n) is 4.99. The summed E-state index contributed by atoms with van der Waals surface area (Å²) in [4.78, 5) is 0. The lowest BCUT2D eigenvalue weighted by Crippen LogP contribution is -2.09. The molecule has 0 aliphatic carbocycles. The summed E-state index contributed by atoms with van der Waals surface area (Å²) in [6.07, 6.45) is 1.01. The van der Waals surface area contributed by atoms with E-state index < -0.39 is 0 Å². The van der Waals surface area contributed by atoms with Crippen LogP contribution in [0.25, 0.3) is 0 Å². The molecule has 0 radical (unpaired) electrons. The lowest BCUT2D eigenvalue weighted by Gasteiger charge is -2.19. The monoisotopic (exact) mass is 280 g/mol. The van der Waals surface area contributed by atoms with Crippen LogP contribution in [0.2, 0.25) is 0 Å². The predicted molar refractivity (Wildman–Crippen MR) is 85.4 cm³/mol. The molecule has 3 heteroatoms. The average Bonchev–Trinajstić information content (AvgIpc) is 2.53. The standard InChI is InChI=1S/C18H20N2O/c1-3-18(15-6-4-14(2)5-7-15)20-16-8-10-17(11-9-16)21-13-12-19/h4-11,18,20H,3,13H2,1-2H3. The number of hydrogen-bond acceptors (Lipinski definition) is 3. The molecule has 1 N–H and O–H groups in total. The summed E-state index contributed by atoms with van der Waals surface area (Å²) in [5, 5.41) is 12.0. The zero-order valence-electron chi connectivity index (χ0n) is 12.5. The van der Waals surface area contributed by atoms with E-state index in [0.717, 1.165) is 12.1 Å². The van der Waals surface area contributed by atoms with Crippen LogP contribution in [0.3, 0.4) is 0 Å². The van der Waals surface area contributed by atoms with Crippen LogP contribution in [0.15, 0.2) is 48.5 Å². The van der Waals surface area contributed by atoms with E-state index in [4.69, 9.17) is 10.00 Å². The van der Waals surface area contributed by atoms with Crippen molar-refractivity contribution in [1.29, 1.82) is 5.26 Å². The molecule has 0 saturated heterocycles. The normalized spacial score (nSPS) is 11.5. The van der Waals surface area contributed by atoms with Crippen LogP contribution in [-0.4, -0.2) is 6.61 Å². The quantitative estimate of drug-likeness (QED) is 0.849. The topological polar surface area (TPSA) is 45.0 Å². The van der Waals surface area contributed by atoms with Crippen LogP contribution in [-0.2, 0) is 0 Å². The maximum absolute atomic E-state index is 8.49. The molecule has 2 aromatic carbocycles. The highest BCUT2D eigenvalue weighted by molar-refractivity contribution is 5.48. The molecule has 0 aliphatic heterocycles. The van der Waals surface area contributed by atoms with Crippen molar-refractivity contribution in [1.82, 2.24) is 0 Å². The highest BCUT2D eigenvalue weighted by Crippen LogP contribution is 2.24. The Bertz CT molecular complexity index is 597. The Hall–Kier alpha value is -2.47. The van der Waals surface area contributed by atoms with Gasteiger partial charge in [0.25, 0.3) is 0 Å². The van der Waals surface area contributed by atoms with Crippen molar-refractivity contribution in [3.05, 3.63) is 59.7 Å². The molecular formula is C18H20N2O. The molecule has 0 aliphatic rings. The summed E-state index contributed by atoms with van der Waals surface area (Å²) in [6, 6.07) is 18.6. The first-order chi connectivity index (χ1) is 10.2. The predicted octanol–water partition coefficient (Wildman–Crippen LogP) is 4.46. The van der Waals surface area contributed by atoms with Crippen LogP contribution in [0.4, 0.5) is 5.69 Å². The second kappa shape index (κ2) is 7.35. The zero-order valence-corrected chi connectivity index (χ0v) is 12.5. The van der Waals surface area contributed by atoms with Crippen LogP contribution in [0.1, 0.15) is 30.5 Å². The van der Waals surface area contributed by atoms with Crippen LogP contribution < -0.4 is 10.1 Å². The van der Waals surface area contributed by atoms with E-state index in [1.807, 2.05) is 30.3 Å². The molecule has 21 heavy (non-hydrogen) atoms. The zero-order chi connectivity index (χ0) is 15.1. The Labute approximate surface area is 126 Å². The van der Waals surface area contributed by atoms with Gasteiger partial charge in [-0.3, -0.25) is 0 Å². The summed E-state index contributed by atoms with van der Waals surface area (Å²) >= 11 is 0. The van der Waals surface area contributed by atoms with Gasteiger partial charge in [-0.05, 0) is 43.2 Å². The van der Waals surface area contributed by atoms with E-state index in [-0.39, 0.29) is 12.6 Å². The van der Waals surface area contributed by atoms with Gasteiger partial charge in [-0.2, -0.15) is 5.26 Å². The number of aryl methyl sites for hydroxylation is 1. The minimum absolute atomic E-state index is 0.0771. The average molecular weight is 280 g/mol. The number of benzene rings is 2. The molecule has 2 rings (SSSR count). The maximum Gasteiger partial charge on any atom is 0.174 e. The van der Waals surface area contributed by atoms with Gasteiger partial charge < -0.3 is 10.1 Å². The molecule has 2 aromatic rings. The molecule has 3 nitrogen and oxygen atoms in total. The van der Waals surface area contributed by atoms with Gasteiger partial charge >= 0.3 is 0 Å². The smallest absolute Gasteiger partial charge is 0.174 e. The molecule has 0 bridgehead atoms. The maximum atomic E-state index is 8.49. The SMILES string of the molecule is CCC(Nc1ccc(OCC#N)cc1)c1ccc(C)cc1. The third-order valence-corrected chi connectivity index (χ3v) is 3.39. The van der Waals surface area contributed by atoms with E-state index in [1.165, 1.54) is 11.1 Å². The fourth-order valence-electron chi connectivity index (χ4n) is 2.18. The van der Waals surface area contributed by atoms with Crippen molar-refractivity contribution in [2.24, 2.45) is 0 Å². The van der Waals surface area contributed by atoms with Crippen LogP contribution in [0, 0.1) is 18.3 Å². The van der Waals surface area contributed by atoms with Crippen molar-refractivity contribution < 1.29 is 4.74 Å². The molecule has 108 valence electrons. The van der Waals surface area contributed by atoms with E-state index in [1.54, 1.807) is 0 Å². The van der Waals surface area contributed by atoms with E-state index in [2.05, 4.69) is 43.4 Å². The summed E-state index contributed by atoms with van der Waals surface area (Å²) in [5.74, 6) is 0.713. The van der Waals surface area contributed by atoms with Crippen molar-refractivity contribution in [2.75, 3.05) is 11.9 Å². The van der Waals surface area contributed by atoms with E-state index in [0.29, 0.717) is 5.75 Å². The molecule has 0 saturated carbocycles. The minimum Gasteiger partial charge on any atom is -0.479 e. The summed E-state index contributed by atoms with van der Waals surface area (Å²) in [7, 11) is 0. The fraction of sp³-hybridized carbons (Fsp3) is 0.278. The van der Waals surface area contributed by atoms with Gasteiger partial charge in [-0.15, -0.1) is 0 Å². The molecule has 1 unspecified atom stereocenters. The van der Waals surface area contributed by atoms with Gasteiger partial charge in [0.2, 0.25) is 0 Å². The van der Waals surface area contributed by atoms with Crippen molar-refractivity contribution in [3.8, 4) is 11.8 Å². The molecule has 0 heterocycles. The number of anilines is 1. The lowest BCUT2D eigenvalue weighted by atomic mass is 10.0. The Morgan fingerprint density at radius 2 is 1.76 bits per heavy atom. The second-order valence-corrected chi connectivity index (χ2v) is 4.99. The van der Waals surface area contributed by atoms with Crippen LogP contribution in [0.5, 0.6) is 5.75 Å². The van der Waals surface area contributed by atoms with Gasteiger partial charge in [0.1, 0.15) is 11.8 Å². The molecule has 1 atom stereocenters. The van der Waals surface area contributed by atoms with Crippen molar-refractivity contribution in [3.63, 3.8) is 0 Å². The van der Waals surface area contributed by atoms with Crippen molar-refractivity contribution in [2.45, 2.75) is 26.3 Å². The first-order valence-electron chi connectivity index (χ1n) is 7.16. The summed E-state index contributed by atoms with van der Waals surface area (Å²) in [5.41, 5.74) is 3.60. The Kier molecular flexibility index (Phi) is 5.22. The number of hydrogen-bond donors (Lipinski definition) is 1. The molecule has 0 fully saturated rings.